The number of halogens is 1. The van der Waals surface area contributed by atoms with Gasteiger partial charge in [0, 0.05) is 72.3 Å². The minimum Gasteiger partial charge on any atom is -0.479 e. The molecule has 1 aromatic carbocycles. The Morgan fingerprint density at radius 3 is 2.88 bits per heavy atom. The summed E-state index contributed by atoms with van der Waals surface area (Å²) < 4.78 is 7.25. The summed E-state index contributed by atoms with van der Waals surface area (Å²) in [7, 11) is 0. The number of benzene rings is 1. The average molecular weight is 471 g/mol. The molecular weight excluding hydrogens is 448 g/mol. The molecule has 5 rings (SSSR count). The Bertz CT molecular complexity index is 1210. The molecule has 4 heterocycles. The molecule has 9 heteroatoms. The van der Waals surface area contributed by atoms with E-state index in [-0.39, 0.29) is 11.8 Å². The number of piperazine rings is 1. The zero-order valence-corrected chi connectivity index (χ0v) is 19.2. The number of carbonyl (C=O) groups excluding carboxylic acids is 2. The second kappa shape index (κ2) is 8.69. The minimum absolute atomic E-state index is 0.0263. The predicted molar refractivity (Wildman–Crippen MR) is 125 cm³/mol. The average Bonchev–Trinajstić information content (AvgIpc) is 3.41. The maximum Gasteiger partial charge on any atom is 0.264 e. The zero-order valence-electron chi connectivity index (χ0n) is 17.6. The fourth-order valence-electron chi connectivity index (χ4n) is 4.25. The lowest BCUT2D eigenvalue weighted by Gasteiger charge is -2.29. The van der Waals surface area contributed by atoms with Crippen LogP contribution in [0.25, 0.3) is 21.3 Å². The lowest BCUT2D eigenvalue weighted by molar-refractivity contribution is -0.138. The van der Waals surface area contributed by atoms with E-state index in [0.717, 1.165) is 44.9 Å². The van der Waals surface area contributed by atoms with Crippen molar-refractivity contribution in [1.29, 1.82) is 0 Å². The van der Waals surface area contributed by atoms with Crippen LogP contribution < -0.4 is 15.4 Å². The number of rotatable bonds is 4. The van der Waals surface area contributed by atoms with Crippen LogP contribution in [0.1, 0.15) is 17.4 Å². The highest BCUT2D eigenvalue weighted by Crippen LogP contribution is 2.44. The molecule has 32 heavy (non-hydrogen) atoms. The van der Waals surface area contributed by atoms with Gasteiger partial charge in [0.05, 0.1) is 16.8 Å². The van der Waals surface area contributed by atoms with Crippen LogP contribution in [0.5, 0.6) is 5.75 Å². The van der Waals surface area contributed by atoms with Crippen molar-refractivity contribution < 1.29 is 14.3 Å². The first kappa shape index (κ1) is 21.2. The van der Waals surface area contributed by atoms with Gasteiger partial charge in [-0.25, -0.2) is 0 Å². The molecule has 0 spiro atoms. The Balaban J connectivity index is 1.49. The molecule has 2 amide bonds. The lowest BCUT2D eigenvalue weighted by atomic mass is 10.0. The molecule has 166 valence electrons. The van der Waals surface area contributed by atoms with Crippen LogP contribution >= 0.6 is 22.9 Å². The highest BCUT2D eigenvalue weighted by atomic mass is 35.5. The van der Waals surface area contributed by atoms with E-state index in [1.54, 1.807) is 17.5 Å². The molecule has 1 fully saturated rings. The Kier molecular flexibility index (Phi) is 5.75. The van der Waals surface area contributed by atoms with Gasteiger partial charge in [-0.2, -0.15) is 0 Å². The number of fused-ring (bicyclic) bond motifs is 2. The molecule has 2 N–H and O–H groups in total. The number of nitrogens with one attached hydrogen (secondary N) is 2. The smallest absolute Gasteiger partial charge is 0.264 e. The van der Waals surface area contributed by atoms with Crippen LogP contribution in [0.4, 0.5) is 0 Å². The molecule has 0 aliphatic carbocycles. The maximum absolute atomic E-state index is 13.0. The molecule has 1 saturated heterocycles. The van der Waals surface area contributed by atoms with Crippen LogP contribution in [-0.4, -0.2) is 54.0 Å². The Hall–Kier alpha value is -2.68. The van der Waals surface area contributed by atoms with Crippen molar-refractivity contribution in [2.24, 2.45) is 0 Å². The van der Waals surface area contributed by atoms with Crippen molar-refractivity contribution >= 4 is 45.0 Å². The van der Waals surface area contributed by atoms with E-state index in [4.69, 9.17) is 16.3 Å². The molecule has 2 aromatic heterocycles. The van der Waals surface area contributed by atoms with Crippen molar-refractivity contribution in [1.82, 2.24) is 20.5 Å². The number of aromatic nitrogens is 1. The van der Waals surface area contributed by atoms with Crippen LogP contribution in [0.2, 0.25) is 5.02 Å². The SMILES string of the molecule is CC(=O)NCc1cc2nccc(-c3cc(Cl)cc4c3O[C@@H](C(=O)N3CCNCC3)C4)c2s1. The number of nitrogens with zero attached hydrogens (tertiary/aromatic N) is 2. The topological polar surface area (TPSA) is 83.6 Å². The van der Waals surface area contributed by atoms with Gasteiger partial charge >= 0.3 is 0 Å². The molecule has 0 unspecified atom stereocenters. The van der Waals surface area contributed by atoms with Gasteiger partial charge in [-0.1, -0.05) is 11.6 Å². The highest BCUT2D eigenvalue weighted by Gasteiger charge is 2.35. The van der Waals surface area contributed by atoms with Crippen molar-refractivity contribution in [3.8, 4) is 16.9 Å². The number of ether oxygens (including phenoxy) is 1. The van der Waals surface area contributed by atoms with E-state index >= 15 is 0 Å². The zero-order chi connectivity index (χ0) is 22.2. The Morgan fingerprint density at radius 2 is 2.09 bits per heavy atom. The molecule has 2 aliphatic heterocycles. The number of pyridine rings is 1. The first-order valence-corrected chi connectivity index (χ1v) is 11.8. The summed E-state index contributed by atoms with van der Waals surface area (Å²) in [5.74, 6) is 0.669. The van der Waals surface area contributed by atoms with Crippen LogP contribution in [0, 0.1) is 0 Å². The molecule has 0 saturated carbocycles. The molecule has 0 radical (unpaired) electrons. The second-order valence-electron chi connectivity index (χ2n) is 8.02. The van der Waals surface area contributed by atoms with Crippen LogP contribution in [0.3, 0.4) is 0 Å². The van der Waals surface area contributed by atoms with Crippen LogP contribution in [-0.2, 0) is 22.6 Å². The minimum atomic E-state index is -0.531. The number of thiophene rings is 1. The third kappa shape index (κ3) is 4.05. The van der Waals surface area contributed by atoms with Gasteiger partial charge in [0.1, 0.15) is 5.75 Å². The van der Waals surface area contributed by atoms with Gasteiger partial charge in [-0.3, -0.25) is 14.6 Å². The normalized spacial score (nSPS) is 17.8. The quantitative estimate of drug-likeness (QED) is 0.612. The summed E-state index contributed by atoms with van der Waals surface area (Å²) in [5, 5.41) is 6.71. The van der Waals surface area contributed by atoms with E-state index in [9.17, 15) is 9.59 Å². The summed E-state index contributed by atoms with van der Waals surface area (Å²) in [4.78, 5) is 31.7. The highest BCUT2D eigenvalue weighted by molar-refractivity contribution is 7.19. The van der Waals surface area contributed by atoms with E-state index in [1.165, 1.54) is 6.92 Å². The van der Waals surface area contributed by atoms with Crippen LogP contribution in [0.15, 0.2) is 30.5 Å². The van der Waals surface area contributed by atoms with Gasteiger partial charge < -0.3 is 20.3 Å². The molecule has 7 nitrogen and oxygen atoms in total. The van der Waals surface area contributed by atoms with Gasteiger partial charge in [0.25, 0.3) is 5.91 Å². The first-order valence-electron chi connectivity index (χ1n) is 10.6. The lowest BCUT2D eigenvalue weighted by Crippen LogP contribution is -2.50. The van der Waals surface area contributed by atoms with Crippen molar-refractivity contribution in [2.75, 3.05) is 26.2 Å². The summed E-state index contributed by atoms with van der Waals surface area (Å²) in [5.41, 5.74) is 3.63. The molecule has 3 aromatic rings. The standard InChI is InChI=1S/C23H23ClN4O3S/c1-13(29)27-12-16-11-19-22(32-16)17(2-3-26-19)18-10-15(24)8-14-9-20(31-21(14)18)23(30)28-6-4-25-5-7-28/h2-3,8,10-11,20,25H,4-7,9,12H2,1H3,(H,27,29)/t20-/m1/s1. The summed E-state index contributed by atoms with van der Waals surface area (Å²) in [6, 6.07) is 7.71. The fraction of sp³-hybridized carbons (Fsp3) is 0.348. The van der Waals surface area contributed by atoms with Gasteiger partial charge in [-0.15, -0.1) is 11.3 Å². The van der Waals surface area contributed by atoms with Crippen molar-refractivity contribution in [3.63, 3.8) is 0 Å². The predicted octanol–water partition coefficient (Wildman–Crippen LogP) is 2.99. The number of hydrogen-bond acceptors (Lipinski definition) is 6. The van der Waals surface area contributed by atoms with Crippen molar-refractivity contribution in [3.05, 3.63) is 45.9 Å². The second-order valence-corrected chi connectivity index (χ2v) is 9.60. The summed E-state index contributed by atoms with van der Waals surface area (Å²) >= 11 is 8.06. The molecule has 0 bridgehead atoms. The molecule has 1 atom stereocenters. The molecular formula is C23H23ClN4O3S. The third-order valence-electron chi connectivity index (χ3n) is 5.76. The molecule has 2 aliphatic rings. The summed E-state index contributed by atoms with van der Waals surface area (Å²) in [6.45, 7) is 4.95. The Labute approximate surface area is 194 Å². The number of carbonyl (C=O) groups is 2. The largest absolute Gasteiger partial charge is 0.479 e. The van der Waals surface area contributed by atoms with Crippen molar-refractivity contribution in [2.45, 2.75) is 26.0 Å². The maximum atomic E-state index is 13.0. The fourth-order valence-corrected chi connectivity index (χ4v) is 5.57. The van der Waals surface area contributed by atoms with Gasteiger partial charge in [0.15, 0.2) is 6.10 Å². The third-order valence-corrected chi connectivity index (χ3v) is 7.14. The van der Waals surface area contributed by atoms with E-state index < -0.39 is 6.10 Å². The van der Waals surface area contributed by atoms with Gasteiger partial charge in [-0.05, 0) is 24.3 Å². The van der Waals surface area contributed by atoms with E-state index in [0.29, 0.717) is 36.8 Å². The summed E-state index contributed by atoms with van der Waals surface area (Å²) in [6.07, 6.45) is 1.74. The first-order chi connectivity index (χ1) is 15.5. The number of amides is 2. The van der Waals surface area contributed by atoms with Gasteiger partial charge in [0.2, 0.25) is 5.91 Å². The van der Waals surface area contributed by atoms with E-state index in [2.05, 4.69) is 15.6 Å². The Morgan fingerprint density at radius 1 is 1.28 bits per heavy atom. The number of hydrogen-bond donors (Lipinski definition) is 2. The van der Waals surface area contributed by atoms with E-state index in [1.807, 2.05) is 29.2 Å². The monoisotopic (exact) mass is 470 g/mol.